The maximum absolute atomic E-state index is 10.1. The maximum atomic E-state index is 10.1. The predicted molar refractivity (Wildman–Crippen MR) is 59.8 cm³/mol. The van der Waals surface area contributed by atoms with E-state index in [1.54, 1.807) is 15.6 Å². The molecule has 5 heteroatoms. The molecular formula is C11H16N4O. The molecule has 0 radical (unpaired) electrons. The van der Waals surface area contributed by atoms with Crippen LogP contribution in [0.25, 0.3) is 0 Å². The Morgan fingerprint density at radius 3 is 2.69 bits per heavy atom. The van der Waals surface area contributed by atoms with Crippen LogP contribution in [0.5, 0.6) is 0 Å². The fourth-order valence-corrected chi connectivity index (χ4v) is 1.72. The molecule has 2 rings (SSSR count). The van der Waals surface area contributed by atoms with Gasteiger partial charge in [-0.15, -0.1) is 0 Å². The lowest BCUT2D eigenvalue weighted by Crippen LogP contribution is -2.04. The number of rotatable bonds is 3. The molecule has 0 amide bonds. The second-order valence-electron chi connectivity index (χ2n) is 4.01. The van der Waals surface area contributed by atoms with Gasteiger partial charge < -0.3 is 5.11 Å². The van der Waals surface area contributed by atoms with Gasteiger partial charge in [-0.25, -0.2) is 0 Å². The van der Waals surface area contributed by atoms with Gasteiger partial charge in [-0.3, -0.25) is 9.36 Å². The fraction of sp³-hybridized carbons (Fsp3) is 0.455. The van der Waals surface area contributed by atoms with Crippen molar-refractivity contribution in [1.82, 2.24) is 19.6 Å². The van der Waals surface area contributed by atoms with Crippen molar-refractivity contribution in [3.05, 3.63) is 35.4 Å². The van der Waals surface area contributed by atoms with Crippen LogP contribution in [0.4, 0.5) is 0 Å². The minimum absolute atomic E-state index is 0.521. The van der Waals surface area contributed by atoms with Crippen LogP contribution in [0.2, 0.25) is 0 Å². The van der Waals surface area contributed by atoms with Crippen molar-refractivity contribution >= 4 is 0 Å². The van der Waals surface area contributed by atoms with Gasteiger partial charge in [0.25, 0.3) is 0 Å². The third kappa shape index (κ3) is 1.99. The van der Waals surface area contributed by atoms with Crippen molar-refractivity contribution in [2.45, 2.75) is 19.4 Å². The summed E-state index contributed by atoms with van der Waals surface area (Å²) in [7, 11) is 3.73. The topological polar surface area (TPSA) is 55.9 Å². The Hall–Kier alpha value is -1.62. The maximum Gasteiger partial charge on any atom is 0.0879 e. The van der Waals surface area contributed by atoms with Crippen molar-refractivity contribution in [2.24, 2.45) is 14.1 Å². The van der Waals surface area contributed by atoms with Gasteiger partial charge in [0.05, 0.1) is 18.0 Å². The lowest BCUT2D eigenvalue weighted by atomic mass is 10.1. The number of hydrogen-bond donors (Lipinski definition) is 1. The monoisotopic (exact) mass is 220 g/mol. The molecule has 0 aliphatic rings. The largest absolute Gasteiger partial charge is 0.388 e. The van der Waals surface area contributed by atoms with Crippen LogP contribution < -0.4 is 0 Å². The first-order valence-electron chi connectivity index (χ1n) is 5.23. The van der Waals surface area contributed by atoms with Crippen LogP contribution in [0, 0.1) is 6.92 Å². The summed E-state index contributed by atoms with van der Waals surface area (Å²) in [5.74, 6) is 0. The van der Waals surface area contributed by atoms with E-state index in [2.05, 4.69) is 10.2 Å². The van der Waals surface area contributed by atoms with Gasteiger partial charge in [0.15, 0.2) is 0 Å². The summed E-state index contributed by atoms with van der Waals surface area (Å²) in [5, 5.41) is 18.4. The van der Waals surface area contributed by atoms with Crippen molar-refractivity contribution in [1.29, 1.82) is 0 Å². The van der Waals surface area contributed by atoms with Crippen molar-refractivity contribution < 1.29 is 5.11 Å². The third-order valence-electron chi connectivity index (χ3n) is 2.80. The van der Waals surface area contributed by atoms with Gasteiger partial charge in [-0.05, 0) is 13.0 Å². The molecule has 0 fully saturated rings. The molecule has 0 spiro atoms. The summed E-state index contributed by atoms with van der Waals surface area (Å²) in [6, 6.07) is 1.91. The first-order chi connectivity index (χ1) is 7.58. The van der Waals surface area contributed by atoms with Crippen molar-refractivity contribution in [3.8, 4) is 0 Å². The molecule has 0 aromatic carbocycles. The SMILES string of the molecule is Cc1c(C(O)Cc2ccn(C)n2)cnn1C. The van der Waals surface area contributed by atoms with E-state index in [1.165, 1.54) is 0 Å². The molecule has 0 saturated carbocycles. The summed E-state index contributed by atoms with van der Waals surface area (Å²) in [5.41, 5.74) is 2.75. The van der Waals surface area contributed by atoms with E-state index in [1.807, 2.05) is 33.3 Å². The summed E-state index contributed by atoms with van der Waals surface area (Å²) >= 11 is 0. The number of aryl methyl sites for hydroxylation is 2. The van der Waals surface area contributed by atoms with Crippen LogP contribution in [0.1, 0.15) is 23.1 Å². The second kappa shape index (κ2) is 4.09. The highest BCUT2D eigenvalue weighted by Gasteiger charge is 2.15. The van der Waals surface area contributed by atoms with E-state index >= 15 is 0 Å². The zero-order valence-corrected chi connectivity index (χ0v) is 9.75. The van der Waals surface area contributed by atoms with Crippen LogP contribution in [-0.4, -0.2) is 24.7 Å². The molecule has 0 saturated heterocycles. The Kier molecular flexibility index (Phi) is 2.78. The fourth-order valence-electron chi connectivity index (χ4n) is 1.72. The number of nitrogens with zero attached hydrogens (tertiary/aromatic N) is 4. The van der Waals surface area contributed by atoms with E-state index in [-0.39, 0.29) is 0 Å². The molecule has 0 aliphatic heterocycles. The van der Waals surface area contributed by atoms with Crippen LogP contribution >= 0.6 is 0 Å². The summed E-state index contributed by atoms with van der Waals surface area (Å²) in [6.45, 7) is 1.95. The normalized spacial score (nSPS) is 13.0. The Morgan fingerprint density at radius 1 is 1.44 bits per heavy atom. The van der Waals surface area contributed by atoms with E-state index in [0.29, 0.717) is 6.42 Å². The highest BCUT2D eigenvalue weighted by molar-refractivity contribution is 5.20. The smallest absolute Gasteiger partial charge is 0.0879 e. The third-order valence-corrected chi connectivity index (χ3v) is 2.80. The van der Waals surface area contributed by atoms with Crippen LogP contribution in [0.15, 0.2) is 18.5 Å². The molecule has 1 unspecified atom stereocenters. The molecule has 2 aromatic heterocycles. The average Bonchev–Trinajstić information content (AvgIpc) is 2.76. The number of aromatic nitrogens is 4. The molecule has 2 heterocycles. The summed E-state index contributed by atoms with van der Waals surface area (Å²) in [4.78, 5) is 0. The van der Waals surface area contributed by atoms with E-state index < -0.39 is 6.10 Å². The number of aliphatic hydroxyl groups excluding tert-OH is 1. The van der Waals surface area contributed by atoms with E-state index in [4.69, 9.17) is 0 Å². The van der Waals surface area contributed by atoms with Gasteiger partial charge in [0.1, 0.15) is 0 Å². The molecule has 1 atom stereocenters. The quantitative estimate of drug-likeness (QED) is 0.830. The Bertz CT molecular complexity index is 486. The summed E-state index contributed by atoms with van der Waals surface area (Å²) in [6.07, 6.45) is 3.57. The van der Waals surface area contributed by atoms with Crippen molar-refractivity contribution in [2.75, 3.05) is 0 Å². The lowest BCUT2D eigenvalue weighted by molar-refractivity contribution is 0.176. The van der Waals surface area contributed by atoms with Gasteiger partial charge in [-0.2, -0.15) is 10.2 Å². The van der Waals surface area contributed by atoms with Crippen LogP contribution in [0.3, 0.4) is 0 Å². The number of hydrogen-bond acceptors (Lipinski definition) is 3. The Morgan fingerprint density at radius 2 is 2.19 bits per heavy atom. The van der Waals surface area contributed by atoms with E-state index in [0.717, 1.165) is 17.0 Å². The molecule has 5 nitrogen and oxygen atoms in total. The Balaban J connectivity index is 2.14. The second-order valence-corrected chi connectivity index (χ2v) is 4.01. The summed E-state index contributed by atoms with van der Waals surface area (Å²) < 4.78 is 3.50. The standard InChI is InChI=1S/C11H16N4O/c1-8-10(7-12-15(8)3)11(16)6-9-4-5-14(2)13-9/h4-5,7,11,16H,6H2,1-3H3. The van der Waals surface area contributed by atoms with Crippen molar-refractivity contribution in [3.63, 3.8) is 0 Å². The first kappa shape index (κ1) is 10.9. The van der Waals surface area contributed by atoms with Gasteiger partial charge in [0.2, 0.25) is 0 Å². The van der Waals surface area contributed by atoms with Gasteiger partial charge >= 0.3 is 0 Å². The van der Waals surface area contributed by atoms with Gasteiger partial charge in [-0.1, -0.05) is 0 Å². The number of aliphatic hydroxyl groups is 1. The molecule has 86 valence electrons. The van der Waals surface area contributed by atoms with Crippen LogP contribution in [-0.2, 0) is 20.5 Å². The molecule has 2 aromatic rings. The van der Waals surface area contributed by atoms with E-state index in [9.17, 15) is 5.11 Å². The Labute approximate surface area is 94.3 Å². The minimum atomic E-state index is -0.538. The molecule has 0 aliphatic carbocycles. The zero-order chi connectivity index (χ0) is 11.7. The average molecular weight is 220 g/mol. The van der Waals surface area contributed by atoms with Gasteiger partial charge in [0, 0.05) is 38.0 Å². The first-order valence-corrected chi connectivity index (χ1v) is 5.23. The highest BCUT2D eigenvalue weighted by atomic mass is 16.3. The molecular weight excluding hydrogens is 204 g/mol. The molecule has 16 heavy (non-hydrogen) atoms. The zero-order valence-electron chi connectivity index (χ0n) is 9.75. The minimum Gasteiger partial charge on any atom is -0.388 e. The molecule has 1 N–H and O–H groups in total. The molecule has 0 bridgehead atoms. The lowest BCUT2D eigenvalue weighted by Gasteiger charge is -2.08. The highest BCUT2D eigenvalue weighted by Crippen LogP contribution is 2.19. The predicted octanol–water partition coefficient (Wildman–Crippen LogP) is 0.738.